The first kappa shape index (κ1) is 13.0. The zero-order valence-electron chi connectivity index (χ0n) is 8.92. The molecule has 0 aromatic heterocycles. The van der Waals surface area contributed by atoms with Gasteiger partial charge < -0.3 is 20.1 Å². The van der Waals surface area contributed by atoms with E-state index in [1.165, 1.54) is 12.1 Å². The number of aromatic carboxylic acids is 2. The zero-order chi connectivity index (χ0) is 12.8. The summed E-state index contributed by atoms with van der Waals surface area (Å²) in [6.45, 7) is 0.142. The van der Waals surface area contributed by atoms with Gasteiger partial charge in [0.15, 0.2) is 0 Å². The smallest absolute Gasteiger partial charge is 0.335 e. The number of carbonyl (C=O) groups is 2. The lowest BCUT2D eigenvalue weighted by Crippen LogP contribution is -2.05. The lowest BCUT2D eigenvalue weighted by Gasteiger charge is -2.07. The van der Waals surface area contributed by atoms with Gasteiger partial charge in [0.1, 0.15) is 5.75 Å². The first-order valence-corrected chi connectivity index (χ1v) is 4.90. The van der Waals surface area contributed by atoms with Crippen molar-refractivity contribution in [2.75, 3.05) is 13.2 Å². The molecule has 0 fully saturated rings. The highest BCUT2D eigenvalue weighted by molar-refractivity contribution is 5.94. The second kappa shape index (κ2) is 5.86. The first-order chi connectivity index (χ1) is 8.04. The maximum Gasteiger partial charge on any atom is 0.335 e. The Hall–Kier alpha value is -2.08. The van der Waals surface area contributed by atoms with Crippen LogP contribution in [0.15, 0.2) is 18.2 Å². The maximum atomic E-state index is 10.8. The van der Waals surface area contributed by atoms with Gasteiger partial charge in [0.2, 0.25) is 0 Å². The van der Waals surface area contributed by atoms with Gasteiger partial charge in [-0.15, -0.1) is 0 Å². The van der Waals surface area contributed by atoms with Crippen LogP contribution in [0.25, 0.3) is 0 Å². The van der Waals surface area contributed by atoms with Crippen LogP contribution in [0.4, 0.5) is 0 Å². The van der Waals surface area contributed by atoms with Crippen LogP contribution in [0.5, 0.6) is 5.75 Å². The quantitative estimate of drug-likeness (QED) is 0.636. The standard InChI is InChI=1S/C11H12O6/c12-2-1-3-17-9-5-7(10(13)14)4-8(6-9)11(15)16/h4-6,12H,1-3H2,(H,13,14)(H,15,16). The molecule has 17 heavy (non-hydrogen) atoms. The summed E-state index contributed by atoms with van der Waals surface area (Å²) in [7, 11) is 0. The highest BCUT2D eigenvalue weighted by Gasteiger charge is 2.11. The molecule has 0 saturated heterocycles. The Bertz CT molecular complexity index is 394. The third-order valence-electron chi connectivity index (χ3n) is 1.97. The zero-order valence-corrected chi connectivity index (χ0v) is 8.92. The molecule has 0 aliphatic rings. The second-order valence-electron chi connectivity index (χ2n) is 3.28. The summed E-state index contributed by atoms with van der Waals surface area (Å²) >= 11 is 0. The molecule has 6 nitrogen and oxygen atoms in total. The van der Waals surface area contributed by atoms with Crippen molar-refractivity contribution in [3.8, 4) is 5.75 Å². The van der Waals surface area contributed by atoms with Crippen LogP contribution < -0.4 is 4.74 Å². The van der Waals surface area contributed by atoms with E-state index in [4.69, 9.17) is 20.1 Å². The average Bonchev–Trinajstić information content (AvgIpc) is 2.29. The van der Waals surface area contributed by atoms with Gasteiger partial charge in [-0.25, -0.2) is 9.59 Å². The number of benzene rings is 1. The van der Waals surface area contributed by atoms with Gasteiger partial charge in [-0.1, -0.05) is 0 Å². The van der Waals surface area contributed by atoms with Gasteiger partial charge in [0.05, 0.1) is 17.7 Å². The van der Waals surface area contributed by atoms with E-state index in [0.29, 0.717) is 6.42 Å². The summed E-state index contributed by atoms with van der Waals surface area (Å²) in [6, 6.07) is 3.54. The fourth-order valence-electron chi connectivity index (χ4n) is 1.18. The van der Waals surface area contributed by atoms with Crippen LogP contribution >= 0.6 is 0 Å². The predicted octanol–water partition coefficient (Wildman–Crippen LogP) is 0.844. The molecule has 0 radical (unpaired) electrons. The van der Waals surface area contributed by atoms with Crippen molar-refractivity contribution in [3.05, 3.63) is 29.3 Å². The minimum absolute atomic E-state index is 0.0512. The molecule has 0 spiro atoms. The molecule has 1 aromatic carbocycles. The van der Waals surface area contributed by atoms with Crippen LogP contribution in [0.3, 0.4) is 0 Å². The molecule has 0 aliphatic carbocycles. The third-order valence-corrected chi connectivity index (χ3v) is 1.97. The van der Waals surface area contributed by atoms with E-state index >= 15 is 0 Å². The van der Waals surface area contributed by atoms with E-state index in [1.54, 1.807) is 0 Å². The summed E-state index contributed by atoms with van der Waals surface area (Å²) in [5, 5.41) is 26.2. The van der Waals surface area contributed by atoms with Gasteiger partial charge in [0, 0.05) is 13.0 Å². The fraction of sp³-hybridized carbons (Fsp3) is 0.273. The summed E-state index contributed by atoms with van der Waals surface area (Å²) in [6.07, 6.45) is 0.389. The van der Waals surface area contributed by atoms with Gasteiger partial charge in [-0.05, 0) is 18.2 Å². The van der Waals surface area contributed by atoms with Gasteiger partial charge in [0.25, 0.3) is 0 Å². The number of aliphatic hydroxyl groups excluding tert-OH is 1. The third kappa shape index (κ3) is 3.76. The van der Waals surface area contributed by atoms with Crippen LogP contribution in [-0.4, -0.2) is 40.5 Å². The normalized spacial score (nSPS) is 9.94. The molecule has 0 unspecified atom stereocenters. The summed E-state index contributed by atoms with van der Waals surface area (Å²) in [5.74, 6) is -2.28. The molecule has 0 saturated carbocycles. The maximum absolute atomic E-state index is 10.8. The molecule has 1 rings (SSSR count). The number of hydrogen-bond acceptors (Lipinski definition) is 4. The molecule has 6 heteroatoms. The number of hydrogen-bond donors (Lipinski definition) is 3. The van der Waals surface area contributed by atoms with Crippen LogP contribution in [-0.2, 0) is 0 Å². The molecule has 92 valence electrons. The monoisotopic (exact) mass is 240 g/mol. The summed E-state index contributed by atoms with van der Waals surface area (Å²) in [4.78, 5) is 21.5. The van der Waals surface area contributed by atoms with Gasteiger partial charge in [-0.2, -0.15) is 0 Å². The van der Waals surface area contributed by atoms with E-state index in [0.717, 1.165) is 6.07 Å². The minimum Gasteiger partial charge on any atom is -0.493 e. The number of carboxylic acid groups (broad SMARTS) is 2. The highest BCUT2D eigenvalue weighted by Crippen LogP contribution is 2.18. The van der Waals surface area contributed by atoms with Crippen molar-refractivity contribution in [2.24, 2.45) is 0 Å². The number of carboxylic acids is 2. The van der Waals surface area contributed by atoms with E-state index < -0.39 is 11.9 Å². The number of rotatable bonds is 6. The van der Waals surface area contributed by atoms with Crippen molar-refractivity contribution in [1.82, 2.24) is 0 Å². The summed E-state index contributed by atoms with van der Waals surface area (Å²) in [5.41, 5.74) is -0.298. The summed E-state index contributed by atoms with van der Waals surface area (Å²) < 4.78 is 5.14. The van der Waals surface area contributed by atoms with Crippen molar-refractivity contribution in [1.29, 1.82) is 0 Å². The molecule has 1 aromatic rings. The molecule has 3 N–H and O–H groups in total. The predicted molar refractivity (Wildman–Crippen MR) is 57.6 cm³/mol. The Morgan fingerprint density at radius 3 is 2.00 bits per heavy atom. The molecule has 0 heterocycles. The Labute approximate surface area is 97.1 Å². The van der Waals surface area contributed by atoms with Gasteiger partial charge >= 0.3 is 11.9 Å². The van der Waals surface area contributed by atoms with Crippen molar-refractivity contribution < 1.29 is 29.6 Å². The van der Waals surface area contributed by atoms with E-state index in [1.807, 2.05) is 0 Å². The van der Waals surface area contributed by atoms with Crippen molar-refractivity contribution >= 4 is 11.9 Å². The lowest BCUT2D eigenvalue weighted by molar-refractivity contribution is 0.0696. The minimum atomic E-state index is -1.22. The Morgan fingerprint density at radius 2 is 1.59 bits per heavy atom. The Balaban J connectivity index is 2.95. The van der Waals surface area contributed by atoms with Crippen LogP contribution in [0, 0.1) is 0 Å². The van der Waals surface area contributed by atoms with E-state index in [2.05, 4.69) is 0 Å². The van der Waals surface area contributed by atoms with Crippen molar-refractivity contribution in [3.63, 3.8) is 0 Å². The fourth-order valence-corrected chi connectivity index (χ4v) is 1.18. The molecule has 0 aliphatic heterocycles. The van der Waals surface area contributed by atoms with Gasteiger partial charge in [-0.3, -0.25) is 0 Å². The molecule has 0 atom stereocenters. The SMILES string of the molecule is O=C(O)c1cc(OCCCO)cc(C(=O)O)c1. The number of aliphatic hydroxyl groups is 1. The average molecular weight is 240 g/mol. The Morgan fingerprint density at radius 1 is 1.06 bits per heavy atom. The topological polar surface area (TPSA) is 104 Å². The van der Waals surface area contributed by atoms with Crippen LogP contribution in [0.2, 0.25) is 0 Å². The van der Waals surface area contributed by atoms with Crippen molar-refractivity contribution in [2.45, 2.75) is 6.42 Å². The van der Waals surface area contributed by atoms with Crippen LogP contribution in [0.1, 0.15) is 27.1 Å². The highest BCUT2D eigenvalue weighted by atomic mass is 16.5. The first-order valence-electron chi connectivity index (χ1n) is 4.90. The molecular weight excluding hydrogens is 228 g/mol. The number of ether oxygens (including phenoxy) is 1. The Kier molecular flexibility index (Phi) is 4.47. The molecule has 0 amide bonds. The molecule has 0 bridgehead atoms. The van der Waals surface area contributed by atoms with E-state index in [-0.39, 0.29) is 30.1 Å². The second-order valence-corrected chi connectivity index (χ2v) is 3.28. The largest absolute Gasteiger partial charge is 0.493 e. The lowest BCUT2D eigenvalue weighted by atomic mass is 10.1. The molecular formula is C11H12O6. The van der Waals surface area contributed by atoms with E-state index in [9.17, 15) is 9.59 Å².